The van der Waals surface area contributed by atoms with E-state index >= 15 is 0 Å². The monoisotopic (exact) mass is 387 g/mol. The fraction of sp³-hybridized carbons (Fsp3) is 0.348. The number of hydrogen-bond donors (Lipinski definition) is 0. The van der Waals surface area contributed by atoms with Crippen molar-refractivity contribution in [1.29, 1.82) is 0 Å². The maximum Gasteiger partial charge on any atom is 0.534 e. The topological polar surface area (TPSA) is 57.1 Å². The molecule has 0 bridgehead atoms. The summed E-state index contributed by atoms with van der Waals surface area (Å²) in [5.74, 6) is 1.23. The summed E-state index contributed by atoms with van der Waals surface area (Å²) < 4.78 is 12.7. The average molecular weight is 387 g/mol. The Kier molecular flexibility index (Phi) is 5.24. The standard InChI is InChI=1S/C23H26BN3O2/c1-5-16-23(4)22(2,3)28-24(29-23)21-26-19(17-12-8-6-9-13-17)25-20(27-21)18-14-10-7-11-15-18/h6-15H,5,16H2,1-4H3. The van der Waals surface area contributed by atoms with Gasteiger partial charge < -0.3 is 9.31 Å². The quantitative estimate of drug-likeness (QED) is 0.612. The first-order chi connectivity index (χ1) is 13.9. The highest BCUT2D eigenvalue weighted by atomic mass is 16.7. The molecule has 0 radical (unpaired) electrons. The fourth-order valence-corrected chi connectivity index (χ4v) is 3.67. The van der Waals surface area contributed by atoms with Crippen molar-refractivity contribution in [3.8, 4) is 22.8 Å². The average Bonchev–Trinajstić information content (AvgIpc) is 2.98. The Morgan fingerprint density at radius 3 is 1.76 bits per heavy atom. The van der Waals surface area contributed by atoms with Gasteiger partial charge in [0.15, 0.2) is 17.4 Å². The van der Waals surface area contributed by atoms with Crippen LogP contribution in [0, 0.1) is 0 Å². The minimum absolute atomic E-state index is 0.404. The predicted molar refractivity (Wildman–Crippen MR) is 116 cm³/mol. The Labute approximate surface area is 172 Å². The van der Waals surface area contributed by atoms with Gasteiger partial charge in [-0.1, -0.05) is 74.0 Å². The number of benzene rings is 2. The van der Waals surface area contributed by atoms with Gasteiger partial charge in [-0.2, -0.15) is 0 Å². The van der Waals surface area contributed by atoms with Crippen LogP contribution in [0.4, 0.5) is 0 Å². The molecule has 3 aromatic rings. The Balaban J connectivity index is 1.79. The van der Waals surface area contributed by atoms with Crippen LogP contribution in [-0.4, -0.2) is 33.3 Å². The van der Waals surface area contributed by atoms with E-state index in [1.54, 1.807) is 0 Å². The van der Waals surface area contributed by atoms with Gasteiger partial charge in [-0.3, -0.25) is 0 Å². The fourth-order valence-electron chi connectivity index (χ4n) is 3.67. The summed E-state index contributed by atoms with van der Waals surface area (Å²) in [6.07, 6.45) is 1.91. The highest BCUT2D eigenvalue weighted by Crippen LogP contribution is 2.40. The van der Waals surface area contributed by atoms with Crippen molar-refractivity contribution in [3.05, 3.63) is 60.7 Å². The van der Waals surface area contributed by atoms with Gasteiger partial charge in [-0.15, -0.1) is 0 Å². The second-order valence-corrected chi connectivity index (χ2v) is 8.13. The maximum absolute atomic E-state index is 6.40. The zero-order valence-corrected chi connectivity index (χ0v) is 17.4. The minimum atomic E-state index is -0.630. The summed E-state index contributed by atoms with van der Waals surface area (Å²) in [4.78, 5) is 14.2. The van der Waals surface area contributed by atoms with Gasteiger partial charge in [0, 0.05) is 11.1 Å². The lowest BCUT2D eigenvalue weighted by molar-refractivity contribution is -0.0159. The molecule has 2 heterocycles. The van der Waals surface area contributed by atoms with Crippen molar-refractivity contribution in [2.24, 2.45) is 0 Å². The zero-order chi connectivity index (χ0) is 20.5. The van der Waals surface area contributed by atoms with E-state index in [2.05, 4.69) is 27.7 Å². The van der Waals surface area contributed by atoms with Crippen molar-refractivity contribution in [2.45, 2.75) is 51.7 Å². The van der Waals surface area contributed by atoms with Crippen LogP contribution in [0.3, 0.4) is 0 Å². The Bertz CT molecular complexity index is 924. The molecule has 148 valence electrons. The number of aromatic nitrogens is 3. The lowest BCUT2D eigenvalue weighted by atomic mass is 9.84. The van der Waals surface area contributed by atoms with E-state index < -0.39 is 18.3 Å². The first-order valence-electron chi connectivity index (χ1n) is 10.1. The second-order valence-electron chi connectivity index (χ2n) is 8.13. The minimum Gasteiger partial charge on any atom is -0.397 e. The van der Waals surface area contributed by atoms with Crippen LogP contribution in [0.15, 0.2) is 60.7 Å². The molecular formula is C23H26BN3O2. The van der Waals surface area contributed by atoms with E-state index in [-0.39, 0.29) is 0 Å². The largest absolute Gasteiger partial charge is 0.534 e. The van der Waals surface area contributed by atoms with Crippen LogP contribution in [0.1, 0.15) is 40.5 Å². The van der Waals surface area contributed by atoms with E-state index in [0.717, 1.165) is 24.0 Å². The molecule has 1 aliphatic heterocycles. The summed E-state index contributed by atoms with van der Waals surface area (Å²) in [6.45, 7) is 8.40. The van der Waals surface area contributed by atoms with Crippen molar-refractivity contribution < 1.29 is 9.31 Å². The second kappa shape index (κ2) is 7.69. The van der Waals surface area contributed by atoms with Gasteiger partial charge >= 0.3 is 7.12 Å². The Hall–Kier alpha value is -2.57. The van der Waals surface area contributed by atoms with E-state index in [0.29, 0.717) is 17.4 Å². The molecule has 0 saturated carbocycles. The van der Waals surface area contributed by atoms with Gasteiger partial charge in [0.2, 0.25) is 0 Å². The molecule has 1 fully saturated rings. The van der Waals surface area contributed by atoms with Crippen LogP contribution >= 0.6 is 0 Å². The van der Waals surface area contributed by atoms with E-state index in [1.165, 1.54) is 0 Å². The van der Waals surface area contributed by atoms with Gasteiger partial charge in [0.25, 0.3) is 0 Å². The molecule has 1 atom stereocenters. The molecule has 29 heavy (non-hydrogen) atoms. The summed E-state index contributed by atoms with van der Waals surface area (Å²) >= 11 is 0. The van der Waals surface area contributed by atoms with Crippen molar-refractivity contribution in [2.75, 3.05) is 0 Å². The molecule has 1 saturated heterocycles. The summed E-state index contributed by atoms with van der Waals surface area (Å²) in [5.41, 5.74) is 1.52. The molecule has 0 N–H and O–H groups in total. The molecule has 2 aromatic carbocycles. The Morgan fingerprint density at radius 2 is 1.28 bits per heavy atom. The van der Waals surface area contributed by atoms with Crippen LogP contribution in [0.25, 0.3) is 22.8 Å². The molecule has 1 unspecified atom stereocenters. The molecule has 0 aliphatic carbocycles. The van der Waals surface area contributed by atoms with Gasteiger partial charge in [-0.25, -0.2) is 15.0 Å². The van der Waals surface area contributed by atoms with Crippen LogP contribution < -0.4 is 5.72 Å². The molecular weight excluding hydrogens is 361 g/mol. The smallest absolute Gasteiger partial charge is 0.397 e. The predicted octanol–water partition coefficient (Wildman–Crippen LogP) is 4.29. The van der Waals surface area contributed by atoms with E-state index in [9.17, 15) is 0 Å². The number of rotatable bonds is 5. The van der Waals surface area contributed by atoms with Gasteiger partial charge in [0.1, 0.15) is 0 Å². The lowest BCUT2D eigenvalue weighted by Gasteiger charge is -2.36. The molecule has 5 nitrogen and oxygen atoms in total. The van der Waals surface area contributed by atoms with Crippen LogP contribution in [0.5, 0.6) is 0 Å². The van der Waals surface area contributed by atoms with Crippen LogP contribution in [-0.2, 0) is 9.31 Å². The van der Waals surface area contributed by atoms with E-state index in [4.69, 9.17) is 24.3 Å². The maximum atomic E-state index is 6.40. The summed E-state index contributed by atoms with van der Waals surface area (Å²) in [6, 6.07) is 19.8. The molecule has 0 spiro atoms. The van der Waals surface area contributed by atoms with Crippen molar-refractivity contribution >= 4 is 12.8 Å². The highest BCUT2D eigenvalue weighted by Gasteiger charge is 2.55. The molecule has 1 aromatic heterocycles. The highest BCUT2D eigenvalue weighted by molar-refractivity contribution is 6.60. The lowest BCUT2D eigenvalue weighted by Crippen LogP contribution is -2.44. The Morgan fingerprint density at radius 1 is 0.759 bits per heavy atom. The SMILES string of the molecule is CCCC1(C)OB(c2nc(-c3ccccc3)nc(-c3ccccc3)n2)OC1(C)C. The van der Waals surface area contributed by atoms with Gasteiger partial charge in [-0.05, 0) is 27.2 Å². The molecule has 6 heteroatoms. The summed E-state index contributed by atoms with van der Waals surface area (Å²) in [5, 5.41) is 0. The number of hydrogen-bond acceptors (Lipinski definition) is 5. The first kappa shape index (κ1) is 19.7. The molecule has 0 amide bonds. The molecule has 1 aliphatic rings. The molecule has 4 rings (SSSR count). The zero-order valence-electron chi connectivity index (χ0n) is 17.4. The third kappa shape index (κ3) is 3.82. The van der Waals surface area contributed by atoms with Gasteiger partial charge in [0.05, 0.1) is 11.2 Å². The normalized spacial score (nSPS) is 20.8. The van der Waals surface area contributed by atoms with E-state index in [1.807, 2.05) is 60.7 Å². The van der Waals surface area contributed by atoms with Crippen LogP contribution in [0.2, 0.25) is 0 Å². The van der Waals surface area contributed by atoms with Crippen molar-refractivity contribution in [1.82, 2.24) is 15.0 Å². The first-order valence-corrected chi connectivity index (χ1v) is 10.1. The summed E-state index contributed by atoms with van der Waals surface area (Å²) in [7, 11) is -0.630. The third-order valence-corrected chi connectivity index (χ3v) is 5.70. The van der Waals surface area contributed by atoms with Crippen molar-refractivity contribution in [3.63, 3.8) is 0 Å². The third-order valence-electron chi connectivity index (χ3n) is 5.70. The number of nitrogens with zero attached hydrogens (tertiary/aromatic N) is 3.